The Morgan fingerprint density at radius 2 is 1.91 bits per heavy atom. The van der Waals surface area contributed by atoms with Gasteiger partial charge in [-0.05, 0) is 0 Å². The zero-order valence-electron chi connectivity index (χ0n) is 5.78. The summed E-state index contributed by atoms with van der Waals surface area (Å²) in [6, 6.07) is 10.2. The molecule has 0 fully saturated rings. The zero-order chi connectivity index (χ0) is 7.68. The number of benzene rings is 1. The van der Waals surface area contributed by atoms with Crippen LogP contribution in [0.3, 0.4) is 0 Å². The Balaban J connectivity index is 3.03. The first-order valence-electron chi connectivity index (χ1n) is 3.34. The molecule has 0 aliphatic heterocycles. The molecule has 2 rings (SSSR count). The molecule has 1 aromatic heterocycles. The number of rotatable bonds is 0. The van der Waals surface area contributed by atoms with Crippen molar-refractivity contribution in [3.8, 4) is 0 Å². The fourth-order valence-corrected chi connectivity index (χ4v) is 1.75. The molecule has 0 saturated carbocycles. The van der Waals surface area contributed by atoms with Gasteiger partial charge in [0.05, 0.1) is 0 Å². The summed E-state index contributed by atoms with van der Waals surface area (Å²) >= 11 is 1.90. The summed E-state index contributed by atoms with van der Waals surface area (Å²) < 4.78 is 6.23. The van der Waals surface area contributed by atoms with Gasteiger partial charge in [-0.25, -0.2) is 0 Å². The van der Waals surface area contributed by atoms with Crippen molar-refractivity contribution in [1.82, 2.24) is 0 Å². The second-order valence-corrected chi connectivity index (χ2v) is 3.35. The molecule has 0 unspecified atom stereocenters. The molecule has 0 saturated heterocycles. The van der Waals surface area contributed by atoms with Gasteiger partial charge in [-0.15, -0.1) is 0 Å². The van der Waals surface area contributed by atoms with Crippen molar-refractivity contribution in [2.45, 2.75) is 0 Å². The van der Waals surface area contributed by atoms with E-state index in [1.54, 1.807) is 6.26 Å². The Kier molecular flexibility index (Phi) is 1.81. The Morgan fingerprint density at radius 3 is 2.73 bits per heavy atom. The molecule has 0 amide bonds. The molecule has 0 aliphatic carbocycles. The molecule has 11 heavy (non-hydrogen) atoms. The zero-order valence-corrected chi connectivity index (χ0v) is 8.11. The van der Waals surface area contributed by atoms with Gasteiger partial charge in [0.15, 0.2) is 0 Å². The van der Waals surface area contributed by atoms with Crippen molar-refractivity contribution in [3.05, 3.63) is 40.0 Å². The van der Waals surface area contributed by atoms with E-state index in [2.05, 4.69) is 12.1 Å². The fraction of sp³-hybridized carbons (Fsp3) is 0. The Morgan fingerprint density at radius 1 is 1.09 bits per heavy atom. The van der Waals surface area contributed by atoms with Gasteiger partial charge in [-0.2, -0.15) is 0 Å². The van der Waals surface area contributed by atoms with Crippen LogP contribution in [0, 0.1) is 3.39 Å². The van der Waals surface area contributed by atoms with Crippen LogP contribution < -0.4 is 0 Å². The summed E-state index contributed by atoms with van der Waals surface area (Å²) in [5.74, 6) is 0. The fourth-order valence-electron chi connectivity index (χ4n) is 1.06. The van der Waals surface area contributed by atoms with Crippen molar-refractivity contribution in [3.63, 3.8) is 0 Å². The van der Waals surface area contributed by atoms with Gasteiger partial charge in [0.2, 0.25) is 0 Å². The van der Waals surface area contributed by atoms with E-state index in [1.807, 2.05) is 40.0 Å². The number of fused-ring (bicyclic) bond motifs is 1. The molecule has 0 aliphatic rings. The molecule has 0 bridgehead atoms. The molecule has 0 N–H and O–H groups in total. The van der Waals surface area contributed by atoms with Crippen LogP contribution in [0.1, 0.15) is 0 Å². The molecule has 2 heteroatoms. The third-order valence-corrected chi connectivity index (χ3v) is 2.51. The predicted molar refractivity (Wildman–Crippen MR) is 45.2 cm³/mol. The average molecular weight is 258 g/mol. The first-order chi connectivity index (χ1) is 5.38. The van der Waals surface area contributed by atoms with Crippen LogP contribution in [0.25, 0.3) is 10.8 Å². The maximum atomic E-state index is 5.24. The molecule has 1 heterocycles. The molecular formula is C9H6OTe. The van der Waals surface area contributed by atoms with Crippen LogP contribution in [0.5, 0.6) is 0 Å². The average Bonchev–Trinajstić information content (AvgIpc) is 2.06. The SMILES string of the molecule is [Te]=c1occc2ccccc12. The van der Waals surface area contributed by atoms with Crippen LogP contribution >= 0.6 is 0 Å². The molecule has 0 spiro atoms. The second-order valence-electron chi connectivity index (χ2n) is 2.30. The summed E-state index contributed by atoms with van der Waals surface area (Å²) in [7, 11) is 0. The van der Waals surface area contributed by atoms with E-state index in [9.17, 15) is 0 Å². The van der Waals surface area contributed by atoms with Crippen LogP contribution in [0.4, 0.5) is 0 Å². The summed E-state index contributed by atoms with van der Waals surface area (Å²) in [4.78, 5) is 0. The Bertz CT molecular complexity index is 425. The third kappa shape index (κ3) is 1.24. The molecule has 1 aromatic carbocycles. The van der Waals surface area contributed by atoms with Crippen molar-refractivity contribution >= 4 is 32.6 Å². The Labute approximate surface area is 77.1 Å². The van der Waals surface area contributed by atoms with Crippen LogP contribution in [0.2, 0.25) is 0 Å². The third-order valence-electron chi connectivity index (χ3n) is 1.60. The molecule has 54 valence electrons. The minimum absolute atomic E-state index is 0.985. The van der Waals surface area contributed by atoms with Gasteiger partial charge in [-0.3, -0.25) is 0 Å². The van der Waals surface area contributed by atoms with Crippen LogP contribution in [0.15, 0.2) is 41.0 Å². The van der Waals surface area contributed by atoms with Gasteiger partial charge in [0.25, 0.3) is 0 Å². The summed E-state index contributed by atoms with van der Waals surface area (Å²) in [5, 5.41) is 2.43. The van der Waals surface area contributed by atoms with E-state index >= 15 is 0 Å². The maximum absolute atomic E-state index is 5.24. The molecule has 1 nitrogen and oxygen atoms in total. The molecule has 0 atom stereocenters. The summed E-state index contributed by atoms with van der Waals surface area (Å²) in [6.45, 7) is 0. The van der Waals surface area contributed by atoms with Gasteiger partial charge in [0.1, 0.15) is 0 Å². The van der Waals surface area contributed by atoms with E-state index in [-0.39, 0.29) is 0 Å². The normalized spacial score (nSPS) is 10.2. The molecule has 2 aromatic rings. The van der Waals surface area contributed by atoms with Gasteiger partial charge >= 0.3 is 77.0 Å². The second kappa shape index (κ2) is 2.81. The van der Waals surface area contributed by atoms with E-state index in [4.69, 9.17) is 4.42 Å². The molecule has 0 radical (unpaired) electrons. The topological polar surface area (TPSA) is 13.1 Å². The van der Waals surface area contributed by atoms with Crippen molar-refractivity contribution in [2.75, 3.05) is 0 Å². The van der Waals surface area contributed by atoms with E-state index < -0.39 is 0 Å². The van der Waals surface area contributed by atoms with Crippen molar-refractivity contribution in [2.24, 2.45) is 0 Å². The van der Waals surface area contributed by atoms with Gasteiger partial charge in [-0.1, -0.05) is 0 Å². The van der Waals surface area contributed by atoms with E-state index in [0.29, 0.717) is 0 Å². The first kappa shape index (κ1) is 7.09. The van der Waals surface area contributed by atoms with E-state index in [0.717, 1.165) is 3.39 Å². The monoisotopic (exact) mass is 260 g/mol. The minimum atomic E-state index is 0.985. The predicted octanol–water partition coefficient (Wildman–Crippen LogP) is 2.13. The van der Waals surface area contributed by atoms with E-state index in [1.165, 1.54) is 10.8 Å². The number of hydrogen-bond donors (Lipinski definition) is 0. The number of hydrogen-bond acceptors (Lipinski definition) is 1. The first-order valence-corrected chi connectivity index (χ1v) is 4.51. The van der Waals surface area contributed by atoms with Crippen LogP contribution in [-0.2, 0) is 0 Å². The summed E-state index contributed by atoms with van der Waals surface area (Å²) in [5.41, 5.74) is 0. The van der Waals surface area contributed by atoms with Crippen molar-refractivity contribution < 1.29 is 4.42 Å². The van der Waals surface area contributed by atoms with Gasteiger partial charge < -0.3 is 0 Å². The van der Waals surface area contributed by atoms with Crippen LogP contribution in [-0.4, -0.2) is 21.8 Å². The van der Waals surface area contributed by atoms with Gasteiger partial charge in [0, 0.05) is 0 Å². The molecular weight excluding hydrogens is 252 g/mol. The standard InChI is InChI=1S/C9H6OTe/c11-9-8-4-2-1-3-7(8)5-6-10-9/h1-6H. The summed E-state index contributed by atoms with van der Waals surface area (Å²) in [6.07, 6.45) is 1.72. The quantitative estimate of drug-likeness (QED) is 0.659. The van der Waals surface area contributed by atoms with Crippen molar-refractivity contribution in [1.29, 1.82) is 0 Å². The Hall–Kier alpha value is -0.580.